The highest BCUT2D eigenvalue weighted by Gasteiger charge is 2.10. The number of nitrogens with zero attached hydrogens (tertiary/aromatic N) is 2. The minimum atomic E-state index is 0.00110. The van der Waals surface area contributed by atoms with Gasteiger partial charge in [-0.1, -0.05) is 36.4 Å². The molecule has 27 heavy (non-hydrogen) atoms. The van der Waals surface area contributed by atoms with Crippen LogP contribution in [0.3, 0.4) is 0 Å². The monoisotopic (exact) mass is 359 g/mol. The summed E-state index contributed by atoms with van der Waals surface area (Å²) in [5.41, 5.74) is 2.95. The number of carbonyl (C=O) groups is 1. The Hall–Kier alpha value is -3.34. The maximum absolute atomic E-state index is 12.3. The van der Waals surface area contributed by atoms with Gasteiger partial charge in [-0.2, -0.15) is 0 Å². The largest absolute Gasteiger partial charge is 0.441 e. The van der Waals surface area contributed by atoms with Crippen LogP contribution in [0.4, 0.5) is 5.69 Å². The molecule has 0 spiro atoms. The van der Waals surface area contributed by atoms with Crippen LogP contribution >= 0.6 is 0 Å². The highest BCUT2D eigenvalue weighted by Crippen LogP contribution is 2.24. The van der Waals surface area contributed by atoms with E-state index in [-0.39, 0.29) is 5.91 Å². The maximum Gasteiger partial charge on any atom is 0.224 e. The van der Waals surface area contributed by atoms with Gasteiger partial charge in [0.05, 0.1) is 11.9 Å². The van der Waals surface area contributed by atoms with Crippen molar-refractivity contribution in [3.63, 3.8) is 0 Å². The predicted octanol–water partition coefficient (Wildman–Crippen LogP) is 4.79. The highest BCUT2D eigenvalue weighted by atomic mass is 16.4. The number of anilines is 1. The summed E-state index contributed by atoms with van der Waals surface area (Å²) < 4.78 is 7.82. The number of nitrogens with one attached hydrogen (secondary N) is 1. The topological polar surface area (TPSA) is 60.1 Å². The van der Waals surface area contributed by atoms with Crippen molar-refractivity contribution >= 4 is 22.5 Å². The third kappa shape index (κ3) is 3.77. The van der Waals surface area contributed by atoms with E-state index in [2.05, 4.69) is 10.3 Å². The SMILES string of the molecule is Cn1ccc2c(NC(=O)CCCc3ncc(-c4ccccc4)o3)cccc21. The van der Waals surface area contributed by atoms with E-state index in [1.807, 2.05) is 72.4 Å². The van der Waals surface area contributed by atoms with Crippen LogP contribution in [0.1, 0.15) is 18.7 Å². The first-order chi connectivity index (χ1) is 13.2. The summed E-state index contributed by atoms with van der Waals surface area (Å²) in [7, 11) is 1.99. The van der Waals surface area contributed by atoms with Gasteiger partial charge in [-0.05, 0) is 24.6 Å². The summed E-state index contributed by atoms with van der Waals surface area (Å²) in [6.45, 7) is 0. The van der Waals surface area contributed by atoms with Gasteiger partial charge in [-0.25, -0.2) is 4.98 Å². The molecule has 2 aromatic heterocycles. The van der Waals surface area contributed by atoms with Crippen molar-refractivity contribution in [2.24, 2.45) is 7.05 Å². The molecule has 0 aliphatic rings. The van der Waals surface area contributed by atoms with Crippen LogP contribution < -0.4 is 5.32 Å². The first-order valence-corrected chi connectivity index (χ1v) is 9.05. The Morgan fingerprint density at radius 1 is 1.11 bits per heavy atom. The van der Waals surface area contributed by atoms with Gasteiger partial charge in [-0.3, -0.25) is 4.79 Å². The van der Waals surface area contributed by atoms with Crippen molar-refractivity contribution in [2.75, 3.05) is 5.32 Å². The fourth-order valence-corrected chi connectivity index (χ4v) is 3.19. The lowest BCUT2D eigenvalue weighted by atomic mass is 10.2. The normalized spacial score (nSPS) is 11.0. The maximum atomic E-state index is 12.3. The molecule has 1 N–H and O–H groups in total. The van der Waals surface area contributed by atoms with E-state index in [4.69, 9.17) is 4.42 Å². The minimum absolute atomic E-state index is 0.00110. The molecule has 0 saturated carbocycles. The summed E-state index contributed by atoms with van der Waals surface area (Å²) in [6.07, 6.45) is 5.47. The van der Waals surface area contributed by atoms with E-state index in [1.54, 1.807) is 6.20 Å². The van der Waals surface area contributed by atoms with Gasteiger partial charge >= 0.3 is 0 Å². The number of amides is 1. The number of aromatic nitrogens is 2. The van der Waals surface area contributed by atoms with Gasteiger partial charge < -0.3 is 14.3 Å². The number of oxazole rings is 1. The van der Waals surface area contributed by atoms with E-state index in [0.29, 0.717) is 25.2 Å². The number of hydrogen-bond acceptors (Lipinski definition) is 3. The lowest BCUT2D eigenvalue weighted by Gasteiger charge is -2.07. The molecule has 1 amide bonds. The van der Waals surface area contributed by atoms with Gasteiger partial charge in [0.2, 0.25) is 5.91 Å². The van der Waals surface area contributed by atoms with Crippen molar-refractivity contribution in [2.45, 2.75) is 19.3 Å². The van der Waals surface area contributed by atoms with Crippen molar-refractivity contribution in [1.82, 2.24) is 9.55 Å². The fourth-order valence-electron chi connectivity index (χ4n) is 3.19. The first-order valence-electron chi connectivity index (χ1n) is 9.05. The Labute approximate surface area is 157 Å². The number of benzene rings is 2. The number of aryl methyl sites for hydroxylation is 2. The summed E-state index contributed by atoms with van der Waals surface area (Å²) in [5, 5.41) is 4.06. The van der Waals surface area contributed by atoms with Crippen LogP contribution in [-0.2, 0) is 18.3 Å². The van der Waals surface area contributed by atoms with E-state index in [1.165, 1.54) is 0 Å². The van der Waals surface area contributed by atoms with Gasteiger partial charge in [0.1, 0.15) is 0 Å². The Morgan fingerprint density at radius 3 is 2.81 bits per heavy atom. The standard InChI is InChI=1S/C22H21N3O2/c1-25-14-13-17-18(9-5-10-19(17)25)24-21(26)11-6-12-22-23-15-20(27-22)16-7-3-2-4-8-16/h2-5,7-10,13-15H,6,11-12H2,1H3,(H,24,26). The van der Waals surface area contributed by atoms with Crippen LogP contribution in [-0.4, -0.2) is 15.5 Å². The van der Waals surface area contributed by atoms with Gasteiger partial charge in [0, 0.05) is 42.6 Å². The number of rotatable bonds is 6. The van der Waals surface area contributed by atoms with E-state index in [9.17, 15) is 4.79 Å². The summed E-state index contributed by atoms with van der Waals surface area (Å²) in [6, 6.07) is 17.8. The van der Waals surface area contributed by atoms with Gasteiger partial charge in [0.15, 0.2) is 11.7 Å². The van der Waals surface area contributed by atoms with Crippen LogP contribution in [0.25, 0.3) is 22.2 Å². The zero-order valence-corrected chi connectivity index (χ0v) is 15.2. The average molecular weight is 359 g/mol. The zero-order valence-electron chi connectivity index (χ0n) is 15.2. The van der Waals surface area contributed by atoms with Crippen LogP contribution in [0.2, 0.25) is 0 Å². The zero-order chi connectivity index (χ0) is 18.6. The molecule has 0 radical (unpaired) electrons. The lowest BCUT2D eigenvalue weighted by Crippen LogP contribution is -2.11. The third-order valence-electron chi connectivity index (χ3n) is 4.61. The van der Waals surface area contributed by atoms with E-state index >= 15 is 0 Å². The third-order valence-corrected chi connectivity index (χ3v) is 4.61. The molecule has 0 bridgehead atoms. The van der Waals surface area contributed by atoms with Crippen LogP contribution in [0.5, 0.6) is 0 Å². The second kappa shape index (κ2) is 7.50. The van der Waals surface area contributed by atoms with E-state index in [0.717, 1.165) is 27.9 Å². The summed E-state index contributed by atoms with van der Waals surface area (Å²) in [5.74, 6) is 1.42. The molecule has 0 unspecified atom stereocenters. The molecular weight excluding hydrogens is 338 g/mol. The lowest BCUT2D eigenvalue weighted by molar-refractivity contribution is -0.116. The molecule has 5 nitrogen and oxygen atoms in total. The highest BCUT2D eigenvalue weighted by molar-refractivity contribution is 6.01. The minimum Gasteiger partial charge on any atom is -0.441 e. The van der Waals surface area contributed by atoms with Crippen molar-refractivity contribution < 1.29 is 9.21 Å². The van der Waals surface area contributed by atoms with E-state index < -0.39 is 0 Å². The van der Waals surface area contributed by atoms with Crippen molar-refractivity contribution in [3.8, 4) is 11.3 Å². The Kier molecular flexibility index (Phi) is 4.75. The smallest absolute Gasteiger partial charge is 0.224 e. The summed E-state index contributed by atoms with van der Waals surface area (Å²) >= 11 is 0. The second-order valence-electron chi connectivity index (χ2n) is 6.55. The molecule has 0 aliphatic carbocycles. The number of fused-ring (bicyclic) bond motifs is 1. The molecule has 4 rings (SSSR count). The quantitative estimate of drug-likeness (QED) is 0.538. The average Bonchev–Trinajstić information content (AvgIpc) is 3.31. The molecule has 0 fully saturated rings. The molecule has 2 aromatic carbocycles. The van der Waals surface area contributed by atoms with Crippen molar-refractivity contribution in [3.05, 3.63) is 72.9 Å². The van der Waals surface area contributed by atoms with Gasteiger partial charge in [0.25, 0.3) is 0 Å². The molecule has 136 valence electrons. The molecule has 2 heterocycles. The molecule has 5 heteroatoms. The molecular formula is C22H21N3O2. The van der Waals surface area contributed by atoms with Crippen molar-refractivity contribution in [1.29, 1.82) is 0 Å². The Balaban J connectivity index is 1.33. The predicted molar refractivity (Wildman–Crippen MR) is 106 cm³/mol. The molecule has 0 aliphatic heterocycles. The van der Waals surface area contributed by atoms with Crippen LogP contribution in [0, 0.1) is 0 Å². The molecule has 0 atom stereocenters. The van der Waals surface area contributed by atoms with Crippen LogP contribution in [0.15, 0.2) is 71.4 Å². The number of carbonyl (C=O) groups excluding carboxylic acids is 1. The first kappa shape index (κ1) is 17.1. The summed E-state index contributed by atoms with van der Waals surface area (Å²) in [4.78, 5) is 16.6. The molecule has 4 aromatic rings. The Bertz CT molecular complexity index is 1060. The Morgan fingerprint density at radius 2 is 1.96 bits per heavy atom. The number of hydrogen-bond donors (Lipinski definition) is 1. The second-order valence-corrected chi connectivity index (χ2v) is 6.55. The fraction of sp³-hybridized carbons (Fsp3) is 0.182. The van der Waals surface area contributed by atoms with Gasteiger partial charge in [-0.15, -0.1) is 0 Å². The molecule has 0 saturated heterocycles.